The number of nitrogens with zero attached hydrogens (tertiary/aromatic N) is 1. The molecule has 130 valence electrons. The summed E-state index contributed by atoms with van der Waals surface area (Å²) in [7, 11) is 0. The van der Waals surface area contributed by atoms with Crippen LogP contribution in [0.15, 0.2) is 36.4 Å². The molecule has 0 aliphatic carbocycles. The molecule has 6 nitrogen and oxygen atoms in total. The summed E-state index contributed by atoms with van der Waals surface area (Å²) < 4.78 is 11.1. The van der Waals surface area contributed by atoms with Crippen LogP contribution in [-0.4, -0.2) is 32.2 Å². The summed E-state index contributed by atoms with van der Waals surface area (Å²) in [5.74, 6) is 1.32. The number of hydrogen-bond donors (Lipinski definition) is 2. The third kappa shape index (κ3) is 3.20. The molecular formula is C19H21N3O3. The topological polar surface area (TPSA) is 76.8 Å². The number of nitrogens with two attached hydrogens (primary N) is 1. The number of carbonyl (C=O) groups excluding carboxylic acids is 1. The highest BCUT2D eigenvalue weighted by Gasteiger charge is 2.21. The van der Waals surface area contributed by atoms with Gasteiger partial charge in [-0.3, -0.25) is 4.79 Å². The van der Waals surface area contributed by atoms with Gasteiger partial charge in [0.1, 0.15) is 13.2 Å². The predicted molar refractivity (Wildman–Crippen MR) is 97.5 cm³/mol. The first-order valence-electron chi connectivity index (χ1n) is 8.52. The smallest absolute Gasteiger partial charge is 0.243 e. The molecule has 0 bridgehead atoms. The van der Waals surface area contributed by atoms with Gasteiger partial charge in [-0.1, -0.05) is 6.07 Å². The number of nitrogen functional groups attached to an aromatic ring is 1. The van der Waals surface area contributed by atoms with Crippen molar-refractivity contribution in [1.82, 2.24) is 0 Å². The van der Waals surface area contributed by atoms with E-state index in [0.717, 1.165) is 36.3 Å². The second kappa shape index (κ2) is 6.55. The van der Waals surface area contributed by atoms with Gasteiger partial charge < -0.3 is 25.4 Å². The molecule has 0 saturated heterocycles. The Balaban J connectivity index is 1.46. The van der Waals surface area contributed by atoms with Gasteiger partial charge in [-0.05, 0) is 42.7 Å². The average Bonchev–Trinajstić information content (AvgIpc) is 2.62. The Bertz CT molecular complexity index is 806. The number of ether oxygens (including phenoxy) is 2. The molecule has 0 atom stereocenters. The molecule has 0 radical (unpaired) electrons. The first-order chi connectivity index (χ1) is 12.2. The van der Waals surface area contributed by atoms with E-state index in [-0.39, 0.29) is 5.91 Å². The van der Waals surface area contributed by atoms with Crippen LogP contribution in [0.25, 0.3) is 0 Å². The van der Waals surface area contributed by atoms with Crippen molar-refractivity contribution in [2.45, 2.75) is 12.8 Å². The summed E-state index contributed by atoms with van der Waals surface area (Å²) in [5.41, 5.74) is 9.78. The average molecular weight is 339 g/mol. The lowest BCUT2D eigenvalue weighted by Crippen LogP contribution is -2.37. The van der Waals surface area contributed by atoms with Gasteiger partial charge in [0.15, 0.2) is 11.5 Å². The molecule has 25 heavy (non-hydrogen) atoms. The number of rotatable bonds is 3. The molecule has 2 aromatic rings. The largest absolute Gasteiger partial charge is 0.486 e. The Morgan fingerprint density at radius 3 is 2.88 bits per heavy atom. The van der Waals surface area contributed by atoms with Crippen molar-refractivity contribution in [1.29, 1.82) is 0 Å². The highest BCUT2D eigenvalue weighted by atomic mass is 16.6. The van der Waals surface area contributed by atoms with Gasteiger partial charge in [-0.15, -0.1) is 0 Å². The lowest BCUT2D eigenvalue weighted by atomic mass is 10.00. The highest BCUT2D eigenvalue weighted by molar-refractivity contribution is 5.94. The highest BCUT2D eigenvalue weighted by Crippen LogP contribution is 2.33. The van der Waals surface area contributed by atoms with Crippen molar-refractivity contribution in [3.8, 4) is 11.5 Å². The van der Waals surface area contributed by atoms with Crippen molar-refractivity contribution < 1.29 is 14.3 Å². The van der Waals surface area contributed by atoms with E-state index in [4.69, 9.17) is 15.2 Å². The standard InChI is InChI=1S/C19H21N3O3/c20-15-4-1-5-16-14(15)3-2-8-22(16)12-19(23)21-13-6-7-17-18(11-13)25-10-9-24-17/h1,4-7,11H,2-3,8-10,12,20H2,(H,21,23). The fourth-order valence-electron chi connectivity index (χ4n) is 3.39. The molecule has 0 saturated carbocycles. The van der Waals surface area contributed by atoms with Gasteiger partial charge in [0, 0.05) is 29.7 Å². The van der Waals surface area contributed by atoms with Gasteiger partial charge in [0.05, 0.1) is 6.54 Å². The van der Waals surface area contributed by atoms with Crippen LogP contribution in [0.4, 0.5) is 17.1 Å². The van der Waals surface area contributed by atoms with Gasteiger partial charge in [0.2, 0.25) is 5.91 Å². The Hall–Kier alpha value is -2.89. The molecule has 0 spiro atoms. The Labute approximate surface area is 146 Å². The molecule has 2 aliphatic heterocycles. The van der Waals surface area contributed by atoms with Crippen LogP contribution >= 0.6 is 0 Å². The van der Waals surface area contributed by atoms with Crippen LogP contribution in [0.2, 0.25) is 0 Å². The van der Waals surface area contributed by atoms with Crippen molar-refractivity contribution in [2.75, 3.05) is 42.3 Å². The van der Waals surface area contributed by atoms with Crippen LogP contribution in [-0.2, 0) is 11.2 Å². The minimum atomic E-state index is -0.0630. The summed E-state index contributed by atoms with van der Waals surface area (Å²) in [6.45, 7) is 2.22. The van der Waals surface area contributed by atoms with E-state index in [0.29, 0.717) is 36.9 Å². The lowest BCUT2D eigenvalue weighted by molar-refractivity contribution is -0.115. The third-order valence-corrected chi connectivity index (χ3v) is 4.54. The summed E-state index contributed by atoms with van der Waals surface area (Å²) in [4.78, 5) is 14.6. The number of carbonyl (C=O) groups is 1. The summed E-state index contributed by atoms with van der Waals surface area (Å²) in [6, 6.07) is 11.3. The SMILES string of the molecule is Nc1cccc2c1CCCN2CC(=O)Nc1ccc2c(c1)OCCO2. The quantitative estimate of drug-likeness (QED) is 0.840. The normalized spacial score (nSPS) is 15.4. The molecule has 0 unspecified atom stereocenters. The molecule has 6 heteroatoms. The van der Waals surface area contributed by atoms with Crippen LogP contribution < -0.4 is 25.4 Å². The van der Waals surface area contributed by atoms with E-state index in [9.17, 15) is 4.79 Å². The van der Waals surface area contributed by atoms with Crippen LogP contribution in [0, 0.1) is 0 Å². The molecule has 2 aliphatic rings. The van der Waals surface area contributed by atoms with Crippen molar-refractivity contribution in [3.63, 3.8) is 0 Å². The molecule has 0 aromatic heterocycles. The molecule has 4 rings (SSSR count). The third-order valence-electron chi connectivity index (χ3n) is 4.54. The van der Waals surface area contributed by atoms with E-state index in [1.165, 1.54) is 0 Å². The second-order valence-corrected chi connectivity index (χ2v) is 6.28. The molecule has 0 fully saturated rings. The zero-order chi connectivity index (χ0) is 17.2. The zero-order valence-electron chi connectivity index (χ0n) is 14.0. The van der Waals surface area contributed by atoms with Crippen molar-refractivity contribution in [2.24, 2.45) is 0 Å². The molecule has 1 amide bonds. The maximum atomic E-state index is 12.5. The number of anilines is 3. The molecular weight excluding hydrogens is 318 g/mol. The number of benzene rings is 2. The fourth-order valence-corrected chi connectivity index (χ4v) is 3.39. The maximum Gasteiger partial charge on any atom is 0.243 e. The van der Waals surface area contributed by atoms with Crippen molar-refractivity contribution in [3.05, 3.63) is 42.0 Å². The van der Waals surface area contributed by atoms with Gasteiger partial charge in [-0.25, -0.2) is 0 Å². The van der Waals surface area contributed by atoms with Gasteiger partial charge in [-0.2, -0.15) is 0 Å². The second-order valence-electron chi connectivity index (χ2n) is 6.28. The minimum Gasteiger partial charge on any atom is -0.486 e. The Morgan fingerprint density at radius 1 is 1.16 bits per heavy atom. The molecule has 2 aromatic carbocycles. The van der Waals surface area contributed by atoms with Gasteiger partial charge >= 0.3 is 0 Å². The van der Waals surface area contributed by atoms with Crippen molar-refractivity contribution >= 4 is 23.0 Å². The lowest BCUT2D eigenvalue weighted by Gasteiger charge is -2.31. The summed E-state index contributed by atoms with van der Waals surface area (Å²) in [5, 5.41) is 2.94. The Kier molecular flexibility index (Phi) is 4.09. The van der Waals surface area contributed by atoms with E-state index in [1.807, 2.05) is 30.3 Å². The number of nitrogens with one attached hydrogen (secondary N) is 1. The fraction of sp³-hybridized carbons (Fsp3) is 0.316. The summed E-state index contributed by atoms with van der Waals surface area (Å²) >= 11 is 0. The maximum absolute atomic E-state index is 12.5. The predicted octanol–water partition coefficient (Wildman–Crippen LogP) is 2.43. The number of fused-ring (bicyclic) bond motifs is 2. The Morgan fingerprint density at radius 2 is 2.00 bits per heavy atom. The van der Waals surface area contributed by atoms with E-state index in [2.05, 4.69) is 10.2 Å². The van der Waals surface area contributed by atoms with Crippen LogP contribution in [0.5, 0.6) is 11.5 Å². The molecule has 2 heterocycles. The van der Waals surface area contributed by atoms with E-state index >= 15 is 0 Å². The van der Waals surface area contributed by atoms with Crippen LogP contribution in [0.3, 0.4) is 0 Å². The number of amides is 1. The zero-order valence-corrected chi connectivity index (χ0v) is 14.0. The monoisotopic (exact) mass is 339 g/mol. The minimum absolute atomic E-state index is 0.0630. The summed E-state index contributed by atoms with van der Waals surface area (Å²) in [6.07, 6.45) is 1.96. The first kappa shape index (κ1) is 15.6. The van der Waals surface area contributed by atoms with E-state index < -0.39 is 0 Å². The molecule has 3 N–H and O–H groups in total. The van der Waals surface area contributed by atoms with Gasteiger partial charge in [0.25, 0.3) is 0 Å². The van der Waals surface area contributed by atoms with Crippen LogP contribution in [0.1, 0.15) is 12.0 Å². The first-order valence-corrected chi connectivity index (χ1v) is 8.52. The number of hydrogen-bond acceptors (Lipinski definition) is 5. The van der Waals surface area contributed by atoms with E-state index in [1.54, 1.807) is 6.07 Å².